The zero-order valence-corrected chi connectivity index (χ0v) is 13.5. The van der Waals surface area contributed by atoms with Crippen molar-refractivity contribution in [2.45, 2.75) is 32.6 Å². The summed E-state index contributed by atoms with van der Waals surface area (Å²) in [6, 6.07) is 7.37. The molecule has 0 bridgehead atoms. The predicted molar refractivity (Wildman–Crippen MR) is 87.0 cm³/mol. The van der Waals surface area contributed by atoms with Crippen molar-refractivity contribution in [1.29, 1.82) is 0 Å². The van der Waals surface area contributed by atoms with Crippen LogP contribution >= 0.6 is 24.2 Å². The fourth-order valence-electron chi connectivity index (χ4n) is 1.46. The Morgan fingerprint density at radius 3 is 2.26 bits per heavy atom. The standard InChI is InChI=1S/C14H22N2OS.ClH/c1-14(2,3)12(15)13(17)16-11-7-5-10(6-8-11)9-18-4;/h5-8,12H,9,15H2,1-4H3,(H,16,17);1H/t12-;/m1./s1. The highest BCUT2D eigenvalue weighted by Gasteiger charge is 2.27. The first-order valence-corrected chi connectivity index (χ1v) is 7.38. The van der Waals surface area contributed by atoms with E-state index in [1.54, 1.807) is 11.8 Å². The number of hydrogen-bond donors (Lipinski definition) is 2. The number of carbonyl (C=O) groups excluding carboxylic acids is 1. The van der Waals surface area contributed by atoms with Gasteiger partial charge in [-0.1, -0.05) is 32.9 Å². The van der Waals surface area contributed by atoms with Crippen LogP contribution in [0.15, 0.2) is 24.3 Å². The van der Waals surface area contributed by atoms with E-state index < -0.39 is 6.04 Å². The SMILES string of the molecule is CSCc1ccc(NC(=O)[C@@H](N)C(C)(C)C)cc1.Cl. The highest BCUT2D eigenvalue weighted by Crippen LogP contribution is 2.19. The quantitative estimate of drug-likeness (QED) is 0.897. The van der Waals surface area contributed by atoms with Gasteiger partial charge in [-0.25, -0.2) is 0 Å². The molecular formula is C14H23ClN2OS. The van der Waals surface area contributed by atoms with E-state index in [4.69, 9.17) is 5.73 Å². The van der Waals surface area contributed by atoms with Crippen molar-refractivity contribution in [2.24, 2.45) is 11.1 Å². The number of hydrogen-bond acceptors (Lipinski definition) is 3. The van der Waals surface area contributed by atoms with Crippen LogP contribution in [-0.2, 0) is 10.5 Å². The maximum atomic E-state index is 11.9. The van der Waals surface area contributed by atoms with Crippen LogP contribution in [0.4, 0.5) is 5.69 Å². The second-order valence-corrected chi connectivity index (χ2v) is 6.33. The Morgan fingerprint density at radius 2 is 1.84 bits per heavy atom. The molecule has 0 aliphatic carbocycles. The molecule has 0 unspecified atom stereocenters. The number of anilines is 1. The highest BCUT2D eigenvalue weighted by atomic mass is 35.5. The summed E-state index contributed by atoms with van der Waals surface area (Å²) in [5.74, 6) is 0.843. The van der Waals surface area contributed by atoms with E-state index in [-0.39, 0.29) is 23.7 Å². The third-order valence-electron chi connectivity index (χ3n) is 2.75. The summed E-state index contributed by atoms with van der Waals surface area (Å²) in [6.07, 6.45) is 2.07. The number of nitrogens with one attached hydrogen (secondary N) is 1. The van der Waals surface area contributed by atoms with Crippen LogP contribution in [0.25, 0.3) is 0 Å². The lowest BCUT2D eigenvalue weighted by atomic mass is 9.87. The third kappa shape index (κ3) is 5.85. The lowest BCUT2D eigenvalue weighted by Crippen LogP contribution is -2.45. The highest BCUT2D eigenvalue weighted by molar-refractivity contribution is 7.97. The number of benzene rings is 1. The number of carbonyl (C=O) groups is 1. The molecule has 0 aromatic heterocycles. The summed E-state index contributed by atoms with van der Waals surface area (Å²) in [5, 5.41) is 2.85. The molecule has 1 atom stereocenters. The van der Waals surface area contributed by atoms with Crippen molar-refractivity contribution >= 4 is 35.8 Å². The Labute approximate surface area is 126 Å². The summed E-state index contributed by atoms with van der Waals surface area (Å²) in [6.45, 7) is 5.87. The van der Waals surface area contributed by atoms with Crippen molar-refractivity contribution in [1.82, 2.24) is 0 Å². The van der Waals surface area contributed by atoms with Gasteiger partial charge >= 0.3 is 0 Å². The number of amides is 1. The molecule has 3 nitrogen and oxygen atoms in total. The minimum atomic E-state index is -0.511. The van der Waals surface area contributed by atoms with Crippen LogP contribution in [-0.4, -0.2) is 18.2 Å². The van der Waals surface area contributed by atoms with E-state index in [9.17, 15) is 4.79 Å². The fourth-order valence-corrected chi connectivity index (χ4v) is 1.99. The summed E-state index contributed by atoms with van der Waals surface area (Å²) < 4.78 is 0. The van der Waals surface area contributed by atoms with Gasteiger partial charge in [-0.15, -0.1) is 12.4 Å². The first-order chi connectivity index (χ1) is 8.34. The Morgan fingerprint density at radius 1 is 1.32 bits per heavy atom. The molecule has 0 fully saturated rings. The Kier molecular flexibility index (Phi) is 7.49. The monoisotopic (exact) mass is 302 g/mol. The van der Waals surface area contributed by atoms with E-state index in [2.05, 4.69) is 11.6 Å². The van der Waals surface area contributed by atoms with Gasteiger partial charge in [-0.05, 0) is 29.4 Å². The molecule has 1 amide bonds. The maximum Gasteiger partial charge on any atom is 0.241 e. The lowest BCUT2D eigenvalue weighted by molar-refractivity contribution is -0.119. The zero-order chi connectivity index (χ0) is 13.8. The van der Waals surface area contributed by atoms with Crippen LogP contribution in [0, 0.1) is 5.41 Å². The molecule has 5 heteroatoms. The van der Waals surface area contributed by atoms with Crippen molar-refractivity contribution in [3.8, 4) is 0 Å². The van der Waals surface area contributed by atoms with E-state index in [1.165, 1.54) is 5.56 Å². The van der Waals surface area contributed by atoms with Crippen LogP contribution in [0.5, 0.6) is 0 Å². The van der Waals surface area contributed by atoms with Crippen LogP contribution in [0.1, 0.15) is 26.3 Å². The van der Waals surface area contributed by atoms with E-state index in [0.717, 1.165) is 11.4 Å². The van der Waals surface area contributed by atoms with Crippen molar-refractivity contribution < 1.29 is 4.79 Å². The molecule has 0 saturated carbocycles. The predicted octanol–water partition coefficient (Wildman–Crippen LogP) is 3.28. The van der Waals surface area contributed by atoms with Crippen LogP contribution in [0.3, 0.4) is 0 Å². The minimum absolute atomic E-state index is 0. The molecule has 108 valence electrons. The zero-order valence-electron chi connectivity index (χ0n) is 11.9. The Balaban J connectivity index is 0.00000324. The van der Waals surface area contributed by atoms with Gasteiger partial charge < -0.3 is 11.1 Å². The first-order valence-electron chi connectivity index (χ1n) is 5.99. The summed E-state index contributed by atoms with van der Waals surface area (Å²) in [4.78, 5) is 11.9. The summed E-state index contributed by atoms with van der Waals surface area (Å²) >= 11 is 1.78. The van der Waals surface area contributed by atoms with Gasteiger partial charge in [-0.2, -0.15) is 11.8 Å². The number of halogens is 1. The largest absolute Gasteiger partial charge is 0.325 e. The molecule has 1 aromatic carbocycles. The molecule has 0 spiro atoms. The average molecular weight is 303 g/mol. The van der Waals surface area contributed by atoms with Crippen molar-refractivity contribution in [3.63, 3.8) is 0 Å². The molecule has 19 heavy (non-hydrogen) atoms. The van der Waals surface area contributed by atoms with Gasteiger partial charge in [0.05, 0.1) is 6.04 Å². The summed E-state index contributed by atoms with van der Waals surface area (Å²) in [5.41, 5.74) is 7.72. The van der Waals surface area contributed by atoms with Crippen LogP contribution in [0.2, 0.25) is 0 Å². The molecular weight excluding hydrogens is 280 g/mol. The number of thioether (sulfide) groups is 1. The fraction of sp³-hybridized carbons (Fsp3) is 0.500. The van der Waals surface area contributed by atoms with Gasteiger partial charge in [0.1, 0.15) is 0 Å². The molecule has 1 rings (SSSR count). The van der Waals surface area contributed by atoms with E-state index >= 15 is 0 Å². The van der Waals surface area contributed by atoms with Gasteiger partial charge in [0.2, 0.25) is 5.91 Å². The molecule has 0 heterocycles. The first kappa shape index (κ1) is 18.3. The smallest absolute Gasteiger partial charge is 0.241 e. The normalized spacial score (nSPS) is 12.5. The molecule has 0 saturated heterocycles. The molecule has 3 N–H and O–H groups in total. The number of rotatable bonds is 4. The lowest BCUT2D eigenvalue weighted by Gasteiger charge is -2.25. The van der Waals surface area contributed by atoms with Crippen LogP contribution < -0.4 is 11.1 Å². The van der Waals surface area contributed by atoms with E-state index in [1.807, 2.05) is 45.0 Å². The molecule has 0 aliphatic heterocycles. The molecule has 1 aromatic rings. The van der Waals surface area contributed by atoms with Gasteiger partial charge in [0, 0.05) is 11.4 Å². The number of nitrogens with two attached hydrogens (primary N) is 1. The van der Waals surface area contributed by atoms with Crippen molar-refractivity contribution in [2.75, 3.05) is 11.6 Å². The second kappa shape index (κ2) is 7.78. The minimum Gasteiger partial charge on any atom is -0.325 e. The van der Waals surface area contributed by atoms with Crippen molar-refractivity contribution in [3.05, 3.63) is 29.8 Å². The molecule has 0 aliphatic rings. The van der Waals surface area contributed by atoms with Gasteiger partial charge in [0.25, 0.3) is 0 Å². The summed E-state index contributed by atoms with van der Waals surface area (Å²) in [7, 11) is 0. The maximum absolute atomic E-state index is 11.9. The van der Waals surface area contributed by atoms with Gasteiger partial charge in [0.15, 0.2) is 0 Å². The van der Waals surface area contributed by atoms with E-state index in [0.29, 0.717) is 0 Å². The average Bonchev–Trinajstić information content (AvgIpc) is 2.30. The Hall–Kier alpha value is -0.710. The second-order valence-electron chi connectivity index (χ2n) is 5.46. The topological polar surface area (TPSA) is 55.1 Å². The van der Waals surface area contributed by atoms with Gasteiger partial charge in [-0.3, -0.25) is 4.79 Å². The third-order valence-corrected chi connectivity index (χ3v) is 3.37. The Bertz CT molecular complexity index is 401. The molecule has 0 radical (unpaired) electrons.